The van der Waals surface area contributed by atoms with Crippen LogP contribution in [0.4, 0.5) is 0 Å². The number of Topliss-reactive ketones (excluding diaryl/α,β-unsaturated/α-hetero) is 1. The summed E-state index contributed by atoms with van der Waals surface area (Å²) in [5.41, 5.74) is 0.256. The number of carbonyl (C=O) groups is 1. The van der Waals surface area contributed by atoms with Gasteiger partial charge < -0.3 is 29.6 Å². The number of ether oxygens (including phenoxy) is 1. The average molecular weight is 425 g/mol. The molecule has 4 aliphatic rings. The maximum Gasteiger partial charge on any atom is 0.466 e. The van der Waals surface area contributed by atoms with E-state index < -0.39 is 24.9 Å². The van der Waals surface area contributed by atoms with E-state index >= 15 is 0 Å². The third kappa shape index (κ3) is 2.88. The second-order valence-corrected chi connectivity index (χ2v) is 9.10. The van der Waals surface area contributed by atoms with Crippen LogP contribution in [-0.4, -0.2) is 66.4 Å². The maximum atomic E-state index is 12.6. The highest BCUT2D eigenvalue weighted by molar-refractivity contribution is 7.45. The second kappa shape index (κ2) is 6.63. The Morgan fingerprint density at radius 2 is 2.00 bits per heavy atom. The standard InChI is InChI=1S/C19H21NO4.H3O4P/c1-2-8-20-9-7-18-15-11-3-4-12(21)16(15)24-17(18)13(22)5-6-19(18,23)14(20)10-11;1-5(2,3)4/h2-4,14,17,21,23H,1,5-10H2;(H3,1,2,3,4)/t14-,17+,18+,19-;/m1./s1. The Bertz CT molecular complexity index is 921. The lowest BCUT2D eigenvalue weighted by Gasteiger charge is -2.62. The Labute approximate surface area is 167 Å². The number of aromatic hydroxyl groups is 1. The Kier molecular flexibility index (Phi) is 4.70. The molecule has 10 heteroatoms. The molecule has 2 aliphatic heterocycles. The number of likely N-dealkylation sites (tertiary alicyclic amines) is 1. The predicted molar refractivity (Wildman–Crippen MR) is 102 cm³/mol. The lowest BCUT2D eigenvalue weighted by atomic mass is 9.49. The molecule has 4 atom stereocenters. The van der Waals surface area contributed by atoms with Crippen LogP contribution < -0.4 is 4.74 Å². The zero-order valence-electron chi connectivity index (χ0n) is 15.7. The van der Waals surface area contributed by atoms with Gasteiger partial charge in [0.1, 0.15) is 0 Å². The van der Waals surface area contributed by atoms with Gasteiger partial charge >= 0.3 is 7.82 Å². The van der Waals surface area contributed by atoms with Gasteiger partial charge in [-0.25, -0.2) is 4.57 Å². The van der Waals surface area contributed by atoms with E-state index in [-0.39, 0.29) is 17.6 Å². The van der Waals surface area contributed by atoms with Gasteiger partial charge in [-0.2, -0.15) is 0 Å². The van der Waals surface area contributed by atoms with E-state index in [9.17, 15) is 15.0 Å². The van der Waals surface area contributed by atoms with Crippen molar-refractivity contribution in [1.29, 1.82) is 0 Å². The molecule has 5 N–H and O–H groups in total. The van der Waals surface area contributed by atoms with Crippen LogP contribution in [0, 0.1) is 0 Å². The van der Waals surface area contributed by atoms with Crippen LogP contribution in [-0.2, 0) is 21.2 Å². The molecule has 0 aromatic heterocycles. The Morgan fingerprint density at radius 3 is 2.66 bits per heavy atom. The smallest absolute Gasteiger partial charge is 0.466 e. The molecule has 1 saturated carbocycles. The molecule has 2 fully saturated rings. The molecule has 9 nitrogen and oxygen atoms in total. The third-order valence-corrected chi connectivity index (χ3v) is 6.73. The first kappa shape index (κ1) is 20.5. The highest BCUT2D eigenvalue weighted by Crippen LogP contribution is 2.64. The third-order valence-electron chi connectivity index (χ3n) is 6.73. The van der Waals surface area contributed by atoms with Crippen LogP contribution in [0.5, 0.6) is 11.5 Å². The van der Waals surface area contributed by atoms with E-state index in [4.69, 9.17) is 24.0 Å². The van der Waals surface area contributed by atoms with Crippen molar-refractivity contribution in [2.75, 3.05) is 13.1 Å². The zero-order valence-corrected chi connectivity index (χ0v) is 16.6. The van der Waals surface area contributed by atoms with E-state index in [1.807, 2.05) is 12.1 Å². The van der Waals surface area contributed by atoms with Crippen LogP contribution in [0.3, 0.4) is 0 Å². The maximum absolute atomic E-state index is 12.6. The first-order chi connectivity index (χ1) is 13.5. The number of phosphoric acid groups is 1. The highest BCUT2D eigenvalue weighted by atomic mass is 31.2. The van der Waals surface area contributed by atoms with Crippen molar-refractivity contribution < 1.29 is 39.0 Å². The van der Waals surface area contributed by atoms with Gasteiger partial charge in [0.15, 0.2) is 23.4 Å². The number of rotatable bonds is 2. The van der Waals surface area contributed by atoms with E-state index in [1.54, 1.807) is 6.07 Å². The van der Waals surface area contributed by atoms with Crippen molar-refractivity contribution in [1.82, 2.24) is 4.90 Å². The number of phenolic OH excluding ortho intramolecular Hbond substituents is 1. The van der Waals surface area contributed by atoms with Crippen molar-refractivity contribution in [2.45, 2.75) is 48.8 Å². The van der Waals surface area contributed by atoms with E-state index in [0.717, 1.165) is 24.2 Å². The predicted octanol–water partition coefficient (Wildman–Crippen LogP) is 0.373. The molecule has 0 radical (unpaired) electrons. The molecule has 29 heavy (non-hydrogen) atoms. The van der Waals surface area contributed by atoms with Crippen LogP contribution in [0.1, 0.15) is 30.4 Å². The van der Waals surface area contributed by atoms with Crippen molar-refractivity contribution in [2.24, 2.45) is 0 Å². The molecule has 1 spiro atoms. The number of ketones is 1. The van der Waals surface area contributed by atoms with Crippen molar-refractivity contribution in [3.05, 3.63) is 35.9 Å². The fraction of sp³-hybridized carbons (Fsp3) is 0.526. The van der Waals surface area contributed by atoms with Crippen molar-refractivity contribution in [3.8, 4) is 11.5 Å². The molecule has 5 rings (SSSR count). The zero-order chi connectivity index (χ0) is 21.2. The topological polar surface area (TPSA) is 148 Å². The van der Waals surface area contributed by atoms with E-state index in [2.05, 4.69) is 11.5 Å². The number of hydrogen-bond donors (Lipinski definition) is 5. The molecule has 1 aromatic carbocycles. The number of piperidine rings is 1. The van der Waals surface area contributed by atoms with E-state index in [1.165, 1.54) is 0 Å². The normalized spacial score (nSPS) is 34.6. The van der Waals surface area contributed by atoms with Gasteiger partial charge in [-0.15, -0.1) is 6.58 Å². The summed E-state index contributed by atoms with van der Waals surface area (Å²) in [5, 5.41) is 22.1. The molecular formula is C19H24NO8P. The molecule has 2 heterocycles. The minimum atomic E-state index is -4.64. The lowest BCUT2D eigenvalue weighted by Crippen LogP contribution is -2.76. The Morgan fingerprint density at radius 1 is 1.31 bits per heavy atom. The Balaban J connectivity index is 0.000000369. The fourth-order valence-electron chi connectivity index (χ4n) is 5.80. The van der Waals surface area contributed by atoms with Crippen LogP contribution in [0.25, 0.3) is 0 Å². The quantitative estimate of drug-likeness (QED) is 0.335. The molecule has 1 aromatic rings. The van der Waals surface area contributed by atoms with Crippen LogP contribution in [0.15, 0.2) is 24.8 Å². The molecule has 1 saturated heterocycles. The monoisotopic (exact) mass is 425 g/mol. The van der Waals surface area contributed by atoms with Gasteiger partial charge in [0, 0.05) is 31.1 Å². The van der Waals surface area contributed by atoms with Crippen LogP contribution in [0.2, 0.25) is 0 Å². The minimum absolute atomic E-state index is 0.0408. The Hall–Kier alpha value is -1.74. The number of carbonyl (C=O) groups excluding carboxylic acids is 1. The molecule has 158 valence electrons. The highest BCUT2D eigenvalue weighted by Gasteiger charge is 2.73. The molecule has 2 bridgehead atoms. The molecular weight excluding hydrogens is 401 g/mol. The summed E-state index contributed by atoms with van der Waals surface area (Å²) in [6.45, 7) is 5.36. The molecule has 2 aliphatic carbocycles. The van der Waals surface area contributed by atoms with Gasteiger partial charge in [-0.3, -0.25) is 9.69 Å². The summed E-state index contributed by atoms with van der Waals surface area (Å²) in [4.78, 5) is 36.5. The second-order valence-electron chi connectivity index (χ2n) is 8.07. The SMILES string of the molecule is C=CCN1CC[C@]23c4c5ccc(O)c4O[C@H]2C(=O)CC[C@@]3(O)[C@H]1C5.O=P(O)(O)O. The number of phenols is 1. The first-order valence-electron chi connectivity index (χ1n) is 9.43. The van der Waals surface area contributed by atoms with Gasteiger partial charge in [0.25, 0.3) is 0 Å². The largest absolute Gasteiger partial charge is 0.504 e. The molecule has 0 unspecified atom stereocenters. The lowest BCUT2D eigenvalue weighted by molar-refractivity contribution is -0.187. The fourth-order valence-corrected chi connectivity index (χ4v) is 5.80. The average Bonchev–Trinajstić information content (AvgIpc) is 2.97. The first-order valence-corrected chi connectivity index (χ1v) is 11.0. The minimum Gasteiger partial charge on any atom is -0.504 e. The summed E-state index contributed by atoms with van der Waals surface area (Å²) in [7, 11) is -4.64. The van der Waals surface area contributed by atoms with Crippen LogP contribution >= 0.6 is 7.82 Å². The van der Waals surface area contributed by atoms with Gasteiger partial charge in [0.05, 0.1) is 11.0 Å². The summed E-state index contributed by atoms with van der Waals surface area (Å²) in [6.07, 6.45) is 3.35. The number of hydrogen-bond acceptors (Lipinski definition) is 6. The van der Waals surface area contributed by atoms with E-state index in [0.29, 0.717) is 31.4 Å². The number of aliphatic hydroxyl groups is 1. The van der Waals surface area contributed by atoms with Crippen molar-refractivity contribution in [3.63, 3.8) is 0 Å². The summed E-state index contributed by atoms with van der Waals surface area (Å²) in [6, 6.07) is 3.52. The summed E-state index contributed by atoms with van der Waals surface area (Å²) >= 11 is 0. The summed E-state index contributed by atoms with van der Waals surface area (Å²) < 4.78 is 14.9. The van der Waals surface area contributed by atoms with Gasteiger partial charge in [-0.1, -0.05) is 12.1 Å². The van der Waals surface area contributed by atoms with Crippen molar-refractivity contribution >= 4 is 13.6 Å². The number of nitrogens with zero attached hydrogens (tertiary/aromatic N) is 1. The molecule has 0 amide bonds. The van der Waals surface area contributed by atoms with Gasteiger partial charge in [0.2, 0.25) is 0 Å². The number of benzene rings is 1. The van der Waals surface area contributed by atoms with Gasteiger partial charge in [-0.05, 0) is 30.9 Å². The summed E-state index contributed by atoms with van der Waals surface area (Å²) in [5.74, 6) is 0.528.